The number of carbonyl (C=O) groups is 1. The van der Waals surface area contributed by atoms with Crippen LogP contribution in [0.3, 0.4) is 0 Å². The predicted molar refractivity (Wildman–Crippen MR) is 142 cm³/mol. The van der Waals surface area contributed by atoms with Gasteiger partial charge in [-0.3, -0.25) is 9.78 Å². The summed E-state index contributed by atoms with van der Waals surface area (Å²) >= 11 is 12.6. The number of fused-ring (bicyclic) bond motifs is 1. The number of para-hydroxylation sites is 1. The number of aromatic amines is 1. The third-order valence-corrected chi connectivity index (χ3v) is 7.01. The van der Waals surface area contributed by atoms with Gasteiger partial charge in [0.15, 0.2) is 11.5 Å². The molecular weight excluding hydrogens is 553 g/mol. The fourth-order valence-corrected chi connectivity index (χ4v) is 4.53. The van der Waals surface area contributed by atoms with Gasteiger partial charge in [-0.05, 0) is 48.6 Å². The van der Waals surface area contributed by atoms with Crippen molar-refractivity contribution in [1.29, 1.82) is 0 Å². The first-order valence-corrected chi connectivity index (χ1v) is 12.9. The molecule has 0 spiro atoms. The fraction of sp³-hybridized carbons (Fsp3) is 0.250. The highest BCUT2D eigenvalue weighted by atomic mass is 35.5. The number of alkyl halides is 2. The van der Waals surface area contributed by atoms with E-state index in [1.807, 2.05) is 24.3 Å². The minimum absolute atomic E-state index is 0.0779. The molecule has 7 nitrogen and oxygen atoms in total. The van der Waals surface area contributed by atoms with E-state index in [1.54, 1.807) is 6.07 Å². The second-order valence-electron chi connectivity index (χ2n) is 9.11. The number of halogens is 4. The van der Waals surface area contributed by atoms with E-state index in [4.69, 9.17) is 32.7 Å². The molecule has 1 unspecified atom stereocenters. The molecule has 0 bridgehead atoms. The van der Waals surface area contributed by atoms with Crippen LogP contribution in [0, 0.1) is 5.92 Å². The van der Waals surface area contributed by atoms with Crippen molar-refractivity contribution < 1.29 is 27.8 Å². The first-order chi connectivity index (χ1) is 18.8. The Balaban J connectivity index is 1.51. The number of nitrogens with zero attached hydrogens (tertiary/aromatic N) is 1. The van der Waals surface area contributed by atoms with Crippen molar-refractivity contribution in [3.8, 4) is 11.5 Å². The number of benzene rings is 2. The highest BCUT2D eigenvalue weighted by Crippen LogP contribution is 2.37. The van der Waals surface area contributed by atoms with Gasteiger partial charge in [0, 0.05) is 29.8 Å². The number of esters is 1. The summed E-state index contributed by atoms with van der Waals surface area (Å²) < 4.78 is 42.4. The van der Waals surface area contributed by atoms with Crippen LogP contribution in [-0.4, -0.2) is 29.2 Å². The van der Waals surface area contributed by atoms with E-state index in [0.29, 0.717) is 23.6 Å². The van der Waals surface area contributed by atoms with Gasteiger partial charge in [-0.15, -0.1) is 0 Å². The van der Waals surface area contributed by atoms with Gasteiger partial charge in [0.25, 0.3) is 5.56 Å². The van der Waals surface area contributed by atoms with E-state index in [1.165, 1.54) is 30.6 Å². The largest absolute Gasteiger partial charge is 0.489 e. The summed E-state index contributed by atoms with van der Waals surface area (Å²) in [7, 11) is 0. The third kappa shape index (κ3) is 6.49. The summed E-state index contributed by atoms with van der Waals surface area (Å²) in [6.45, 7) is -2.72. The van der Waals surface area contributed by atoms with Crippen molar-refractivity contribution in [2.45, 2.75) is 32.0 Å². The van der Waals surface area contributed by atoms with Crippen LogP contribution in [-0.2, 0) is 11.2 Å². The predicted octanol–water partition coefficient (Wildman–Crippen LogP) is 6.76. The lowest BCUT2D eigenvalue weighted by molar-refractivity contribution is -0.0515. The summed E-state index contributed by atoms with van der Waals surface area (Å²) in [4.78, 5) is 32.2. The van der Waals surface area contributed by atoms with Crippen LogP contribution in [0.5, 0.6) is 11.5 Å². The molecule has 1 saturated carbocycles. The van der Waals surface area contributed by atoms with Gasteiger partial charge >= 0.3 is 12.6 Å². The molecular formula is C28H22Cl2F2N2O5. The van der Waals surface area contributed by atoms with Gasteiger partial charge in [-0.1, -0.05) is 47.5 Å². The molecule has 5 rings (SSSR count). The molecule has 1 N–H and O–H groups in total. The van der Waals surface area contributed by atoms with Crippen LogP contribution in [0.15, 0.2) is 65.7 Å². The minimum Gasteiger partial charge on any atom is -0.489 e. The number of nitrogens with one attached hydrogen (secondary N) is 1. The molecule has 2 aromatic heterocycles. The van der Waals surface area contributed by atoms with E-state index in [2.05, 4.69) is 14.7 Å². The van der Waals surface area contributed by atoms with Crippen LogP contribution < -0.4 is 15.0 Å². The van der Waals surface area contributed by atoms with Crippen molar-refractivity contribution in [2.24, 2.45) is 5.92 Å². The van der Waals surface area contributed by atoms with Crippen LogP contribution in [0.4, 0.5) is 8.78 Å². The number of H-pyrrole nitrogens is 1. The maximum Gasteiger partial charge on any atom is 0.387 e. The second-order valence-corrected chi connectivity index (χ2v) is 9.90. The van der Waals surface area contributed by atoms with Crippen LogP contribution in [0.25, 0.3) is 10.9 Å². The van der Waals surface area contributed by atoms with Gasteiger partial charge in [0.05, 0.1) is 22.7 Å². The standard InChI is InChI=1S/C28H22Cl2F2N2O5/c29-20-13-34-26(35)25(30)19(20)11-23(38-27(36)18-9-16-3-1-2-4-21(16)33-12-18)17-7-8-22(39-28(31)32)24(10-17)37-14-15-5-6-15/h1-4,7-10,12-13,15,23,28H,5-6,11,14H2,(H,34,35). The van der Waals surface area contributed by atoms with Crippen molar-refractivity contribution in [2.75, 3.05) is 6.61 Å². The maximum atomic E-state index is 13.3. The molecule has 0 aliphatic heterocycles. The lowest BCUT2D eigenvalue weighted by Gasteiger charge is -2.21. The van der Waals surface area contributed by atoms with Gasteiger partial charge in [-0.25, -0.2) is 4.79 Å². The van der Waals surface area contributed by atoms with E-state index in [0.717, 1.165) is 18.2 Å². The number of aromatic nitrogens is 2. The zero-order valence-corrected chi connectivity index (χ0v) is 21.8. The quantitative estimate of drug-likeness (QED) is 0.210. The topological polar surface area (TPSA) is 90.5 Å². The summed E-state index contributed by atoms with van der Waals surface area (Å²) in [5, 5.41) is 0.753. The van der Waals surface area contributed by atoms with Crippen LogP contribution in [0.1, 0.15) is 40.4 Å². The van der Waals surface area contributed by atoms with Gasteiger partial charge in [0.1, 0.15) is 11.1 Å². The Kier molecular flexibility index (Phi) is 7.99. The van der Waals surface area contributed by atoms with E-state index in [9.17, 15) is 18.4 Å². The SMILES string of the molecule is O=C(OC(Cc1c(Cl)c[nH]c(=O)c1Cl)c1ccc(OC(F)F)c(OCC2CC2)c1)c1cnc2ccccc2c1. The van der Waals surface area contributed by atoms with E-state index >= 15 is 0 Å². The summed E-state index contributed by atoms with van der Waals surface area (Å²) in [5.41, 5.74) is 1.00. The highest BCUT2D eigenvalue weighted by molar-refractivity contribution is 6.35. The normalized spacial score (nSPS) is 13.9. The zero-order valence-electron chi connectivity index (χ0n) is 20.3. The maximum absolute atomic E-state index is 13.3. The molecule has 1 atom stereocenters. The summed E-state index contributed by atoms with van der Waals surface area (Å²) in [6, 6.07) is 13.2. The van der Waals surface area contributed by atoms with Crippen LogP contribution in [0.2, 0.25) is 10.0 Å². The van der Waals surface area contributed by atoms with Crippen molar-refractivity contribution >= 4 is 40.1 Å². The molecule has 0 amide bonds. The monoisotopic (exact) mass is 574 g/mol. The number of carbonyl (C=O) groups excluding carboxylic acids is 1. The highest BCUT2D eigenvalue weighted by Gasteiger charge is 2.26. The molecule has 1 fully saturated rings. The zero-order chi connectivity index (χ0) is 27.5. The number of rotatable bonds is 10. The first kappa shape index (κ1) is 26.9. The van der Waals surface area contributed by atoms with Crippen molar-refractivity contribution in [3.05, 3.63) is 98.0 Å². The Bertz CT molecular complexity index is 1580. The Morgan fingerprint density at radius 1 is 1.10 bits per heavy atom. The summed E-state index contributed by atoms with van der Waals surface area (Å²) in [5.74, 6) is -0.416. The van der Waals surface area contributed by atoms with E-state index in [-0.39, 0.29) is 39.1 Å². The molecule has 11 heteroatoms. The smallest absolute Gasteiger partial charge is 0.387 e. The summed E-state index contributed by atoms with van der Waals surface area (Å²) in [6.07, 6.45) is 3.57. The number of hydrogen-bond acceptors (Lipinski definition) is 6. The molecule has 1 aliphatic carbocycles. The van der Waals surface area contributed by atoms with Crippen molar-refractivity contribution in [1.82, 2.24) is 9.97 Å². The number of ether oxygens (including phenoxy) is 3. The Labute approximate surface area is 231 Å². The molecule has 2 aromatic carbocycles. The van der Waals surface area contributed by atoms with Gasteiger partial charge < -0.3 is 19.2 Å². The molecule has 202 valence electrons. The van der Waals surface area contributed by atoms with E-state index < -0.39 is 24.2 Å². The molecule has 0 saturated heterocycles. The number of hydrogen-bond donors (Lipinski definition) is 1. The average molecular weight is 575 g/mol. The molecule has 4 aromatic rings. The lowest BCUT2D eigenvalue weighted by Crippen LogP contribution is -2.17. The lowest BCUT2D eigenvalue weighted by atomic mass is 10.0. The van der Waals surface area contributed by atoms with Crippen molar-refractivity contribution in [3.63, 3.8) is 0 Å². The molecule has 1 aliphatic rings. The minimum atomic E-state index is -3.05. The number of pyridine rings is 2. The van der Waals surface area contributed by atoms with Gasteiger partial charge in [0.2, 0.25) is 0 Å². The third-order valence-electron chi connectivity index (χ3n) is 6.27. The van der Waals surface area contributed by atoms with Gasteiger partial charge in [-0.2, -0.15) is 8.78 Å². The molecule has 2 heterocycles. The Hall–Kier alpha value is -3.69. The second kappa shape index (κ2) is 11.6. The average Bonchev–Trinajstić information content (AvgIpc) is 3.76. The Morgan fingerprint density at radius 2 is 1.90 bits per heavy atom. The first-order valence-electron chi connectivity index (χ1n) is 12.1. The molecule has 39 heavy (non-hydrogen) atoms. The fourth-order valence-electron chi connectivity index (χ4n) is 4.02. The van der Waals surface area contributed by atoms with Crippen LogP contribution >= 0.6 is 23.2 Å². The Morgan fingerprint density at radius 3 is 2.67 bits per heavy atom. The molecule has 0 radical (unpaired) electrons.